The second-order valence-corrected chi connectivity index (χ2v) is 13.1. The van der Waals surface area contributed by atoms with E-state index in [0.29, 0.717) is 31.6 Å². The highest BCUT2D eigenvalue weighted by atomic mass is 16.7. The van der Waals surface area contributed by atoms with E-state index in [2.05, 4.69) is 13.2 Å². The van der Waals surface area contributed by atoms with Crippen molar-refractivity contribution in [3.63, 3.8) is 0 Å². The van der Waals surface area contributed by atoms with Crippen LogP contribution in [-0.4, -0.2) is 62.6 Å². The molecule has 0 amide bonds. The molecule has 0 spiro atoms. The van der Waals surface area contributed by atoms with Crippen molar-refractivity contribution in [2.75, 3.05) is 26.4 Å². The highest BCUT2D eigenvalue weighted by Gasteiger charge is 2.15. The standard InChI is InChI=1S/C45H52O14/c1-4-40(46)52-28-14-10-6-8-12-16-30-54-44(50)57-36-22-18-34(19-23-36)42(48)56-38-26-27-39(33(3)32-38)59-43(49)35-20-24-37(25-21-35)58-45(51)55-31-17-13-9-7-11-15-29-53-41(47)5-2/h4-5,18-27,32H,1-2,6-17,28-31H2,3H3. The largest absolute Gasteiger partial charge is 0.513 e. The molecule has 0 fully saturated rings. The van der Waals surface area contributed by atoms with Gasteiger partial charge >= 0.3 is 36.2 Å². The van der Waals surface area contributed by atoms with E-state index < -0.39 is 36.2 Å². The third-order valence-corrected chi connectivity index (χ3v) is 8.48. The normalized spacial score (nSPS) is 10.4. The molecule has 3 rings (SSSR count). The number of aryl methyl sites for hydroxylation is 1. The molecule has 0 aromatic heterocycles. The fraction of sp³-hybridized carbons (Fsp3) is 0.378. The smallest absolute Gasteiger partial charge is 0.463 e. The van der Waals surface area contributed by atoms with Crippen LogP contribution in [0, 0.1) is 6.92 Å². The molecule has 0 saturated carbocycles. The molecule has 0 saturated heterocycles. The van der Waals surface area contributed by atoms with Crippen molar-refractivity contribution in [2.45, 2.75) is 84.0 Å². The van der Waals surface area contributed by atoms with E-state index in [-0.39, 0.29) is 47.3 Å². The van der Waals surface area contributed by atoms with E-state index in [1.54, 1.807) is 13.0 Å². The molecule has 14 heteroatoms. The molecule has 0 radical (unpaired) electrons. The first-order chi connectivity index (χ1) is 28.6. The minimum atomic E-state index is -0.848. The van der Waals surface area contributed by atoms with Crippen LogP contribution in [0.4, 0.5) is 9.59 Å². The summed E-state index contributed by atoms with van der Waals surface area (Å²) in [7, 11) is 0. The van der Waals surface area contributed by atoms with Gasteiger partial charge < -0.3 is 37.9 Å². The van der Waals surface area contributed by atoms with Crippen molar-refractivity contribution in [1.82, 2.24) is 0 Å². The van der Waals surface area contributed by atoms with Gasteiger partial charge in [0.25, 0.3) is 0 Å². The van der Waals surface area contributed by atoms with E-state index in [1.807, 2.05) is 0 Å². The fourth-order valence-electron chi connectivity index (χ4n) is 5.29. The van der Waals surface area contributed by atoms with E-state index >= 15 is 0 Å². The van der Waals surface area contributed by atoms with E-state index in [4.69, 9.17) is 37.9 Å². The van der Waals surface area contributed by atoms with Gasteiger partial charge in [-0.05, 0) is 105 Å². The quantitative estimate of drug-likeness (QED) is 0.0187. The molecule has 14 nitrogen and oxygen atoms in total. The minimum Gasteiger partial charge on any atom is -0.463 e. The van der Waals surface area contributed by atoms with Crippen LogP contribution in [0.25, 0.3) is 0 Å². The van der Waals surface area contributed by atoms with Crippen LogP contribution in [-0.2, 0) is 28.5 Å². The van der Waals surface area contributed by atoms with Gasteiger partial charge in [-0.3, -0.25) is 0 Å². The van der Waals surface area contributed by atoms with E-state index in [9.17, 15) is 28.8 Å². The molecule has 0 unspecified atom stereocenters. The Hall–Kier alpha value is -6.44. The SMILES string of the molecule is C=CC(=O)OCCCCCCCCOC(=O)Oc1ccc(C(=O)Oc2ccc(OC(=O)c3ccc(OC(=O)OCCCCCCCCOC(=O)C=C)cc3)c(C)c2)cc1. The first kappa shape index (κ1) is 46.9. The maximum absolute atomic E-state index is 12.8. The predicted molar refractivity (Wildman–Crippen MR) is 216 cm³/mol. The molecule has 0 aliphatic heterocycles. The van der Waals surface area contributed by atoms with Crippen LogP contribution < -0.4 is 18.9 Å². The Morgan fingerprint density at radius 3 is 1.19 bits per heavy atom. The lowest BCUT2D eigenvalue weighted by atomic mass is 10.1. The van der Waals surface area contributed by atoms with Crippen LogP contribution in [0.2, 0.25) is 0 Å². The van der Waals surface area contributed by atoms with Gasteiger partial charge in [0, 0.05) is 12.2 Å². The number of hydrogen-bond acceptors (Lipinski definition) is 14. The number of carbonyl (C=O) groups is 6. The van der Waals surface area contributed by atoms with E-state index in [0.717, 1.165) is 76.4 Å². The summed E-state index contributed by atoms with van der Waals surface area (Å²) < 4.78 is 41.5. The molecule has 59 heavy (non-hydrogen) atoms. The summed E-state index contributed by atoms with van der Waals surface area (Å²) >= 11 is 0. The first-order valence-corrected chi connectivity index (χ1v) is 19.6. The molecule has 0 N–H and O–H groups in total. The van der Waals surface area contributed by atoms with Crippen molar-refractivity contribution in [3.05, 3.63) is 109 Å². The topological polar surface area (TPSA) is 176 Å². The van der Waals surface area contributed by atoms with Crippen LogP contribution in [0.3, 0.4) is 0 Å². The summed E-state index contributed by atoms with van der Waals surface area (Å²) in [5.41, 5.74) is 0.957. The van der Waals surface area contributed by atoms with Crippen LogP contribution in [0.1, 0.15) is 103 Å². The lowest BCUT2D eigenvalue weighted by Crippen LogP contribution is -2.13. The zero-order valence-corrected chi connectivity index (χ0v) is 33.4. The van der Waals surface area contributed by atoms with Crippen molar-refractivity contribution in [3.8, 4) is 23.0 Å². The van der Waals surface area contributed by atoms with Crippen molar-refractivity contribution >= 4 is 36.2 Å². The van der Waals surface area contributed by atoms with Crippen LogP contribution >= 0.6 is 0 Å². The number of benzene rings is 3. The molecule has 3 aromatic carbocycles. The summed E-state index contributed by atoms with van der Waals surface area (Å²) in [5.74, 6) is -1.27. The predicted octanol–water partition coefficient (Wildman–Crippen LogP) is 9.60. The molecule has 0 bridgehead atoms. The number of esters is 4. The molecular weight excluding hydrogens is 764 g/mol. The summed E-state index contributed by atoms with van der Waals surface area (Å²) in [6.45, 7) is 9.57. The monoisotopic (exact) mass is 816 g/mol. The average molecular weight is 817 g/mol. The summed E-state index contributed by atoms with van der Waals surface area (Å²) in [6.07, 6.45) is 11.0. The molecule has 0 aliphatic carbocycles. The van der Waals surface area contributed by atoms with Crippen LogP contribution in [0.15, 0.2) is 92.0 Å². The number of hydrogen-bond donors (Lipinski definition) is 0. The Morgan fingerprint density at radius 1 is 0.441 bits per heavy atom. The molecule has 316 valence electrons. The third kappa shape index (κ3) is 19.5. The van der Waals surface area contributed by atoms with Gasteiger partial charge in [-0.25, -0.2) is 28.8 Å². The molecule has 0 aliphatic rings. The van der Waals surface area contributed by atoms with E-state index in [1.165, 1.54) is 60.7 Å². The molecular formula is C45H52O14. The number of ether oxygens (including phenoxy) is 8. The Balaban J connectivity index is 1.31. The first-order valence-electron chi connectivity index (χ1n) is 19.6. The zero-order valence-electron chi connectivity index (χ0n) is 33.4. The highest BCUT2D eigenvalue weighted by Crippen LogP contribution is 2.26. The third-order valence-electron chi connectivity index (χ3n) is 8.48. The lowest BCUT2D eigenvalue weighted by molar-refractivity contribution is -0.138. The Kier molecular flexibility index (Phi) is 21.7. The van der Waals surface area contributed by atoms with Gasteiger partial charge in [-0.1, -0.05) is 64.5 Å². The van der Waals surface area contributed by atoms with Crippen molar-refractivity contribution < 1.29 is 66.7 Å². The Bertz CT molecular complexity index is 1830. The van der Waals surface area contributed by atoms with Gasteiger partial charge in [-0.15, -0.1) is 0 Å². The van der Waals surface area contributed by atoms with Gasteiger partial charge in [0.05, 0.1) is 37.6 Å². The van der Waals surface area contributed by atoms with Crippen molar-refractivity contribution in [2.24, 2.45) is 0 Å². The zero-order chi connectivity index (χ0) is 42.7. The molecule has 3 aromatic rings. The van der Waals surface area contributed by atoms with Crippen molar-refractivity contribution in [1.29, 1.82) is 0 Å². The van der Waals surface area contributed by atoms with Gasteiger partial charge in [0.15, 0.2) is 0 Å². The summed E-state index contributed by atoms with van der Waals surface area (Å²) in [4.78, 5) is 71.7. The minimum absolute atomic E-state index is 0.198. The number of unbranched alkanes of at least 4 members (excludes halogenated alkanes) is 10. The van der Waals surface area contributed by atoms with Gasteiger partial charge in [0.1, 0.15) is 23.0 Å². The highest BCUT2D eigenvalue weighted by molar-refractivity contribution is 5.92. The maximum atomic E-state index is 12.8. The Labute approximate surface area is 344 Å². The van der Waals surface area contributed by atoms with Crippen LogP contribution in [0.5, 0.6) is 23.0 Å². The molecule has 0 atom stereocenters. The molecule has 0 heterocycles. The second kappa shape index (κ2) is 27.2. The summed E-state index contributed by atoms with van der Waals surface area (Å²) in [6, 6.07) is 16.2. The summed E-state index contributed by atoms with van der Waals surface area (Å²) in [5, 5.41) is 0. The number of carbonyl (C=O) groups excluding carboxylic acids is 6. The fourth-order valence-corrected chi connectivity index (χ4v) is 5.29. The van der Waals surface area contributed by atoms with Gasteiger partial charge in [0.2, 0.25) is 0 Å². The Morgan fingerprint density at radius 2 is 0.797 bits per heavy atom. The maximum Gasteiger partial charge on any atom is 0.513 e. The second-order valence-electron chi connectivity index (χ2n) is 13.1. The lowest BCUT2D eigenvalue weighted by Gasteiger charge is -2.11. The average Bonchev–Trinajstić information content (AvgIpc) is 3.23. The number of rotatable bonds is 26. The van der Waals surface area contributed by atoms with Gasteiger partial charge in [-0.2, -0.15) is 0 Å².